The van der Waals surface area contributed by atoms with Gasteiger partial charge in [-0.3, -0.25) is 14.6 Å². The summed E-state index contributed by atoms with van der Waals surface area (Å²) in [4.78, 5) is 30.7. The lowest BCUT2D eigenvalue weighted by Gasteiger charge is -2.36. The van der Waals surface area contributed by atoms with Gasteiger partial charge in [0.2, 0.25) is 5.78 Å². The molecule has 1 aromatic heterocycles. The molecule has 1 aromatic carbocycles. The topological polar surface area (TPSA) is 68.3 Å². The van der Waals surface area contributed by atoms with E-state index in [0.717, 1.165) is 30.4 Å². The van der Waals surface area contributed by atoms with Gasteiger partial charge in [0.25, 0.3) is 5.91 Å². The predicted octanol–water partition coefficient (Wildman–Crippen LogP) is 4.02. The average molecular weight is 366 g/mol. The van der Waals surface area contributed by atoms with E-state index in [1.54, 1.807) is 31.5 Å². The zero-order chi connectivity index (χ0) is 19.4. The zero-order valence-electron chi connectivity index (χ0n) is 16.2. The van der Waals surface area contributed by atoms with E-state index in [-0.39, 0.29) is 11.7 Å². The highest BCUT2D eigenvalue weighted by Gasteiger charge is 2.42. The van der Waals surface area contributed by atoms with Crippen LogP contribution in [0.2, 0.25) is 0 Å². The van der Waals surface area contributed by atoms with E-state index in [1.807, 2.05) is 26.0 Å². The van der Waals surface area contributed by atoms with Crippen LogP contribution in [0.5, 0.6) is 5.75 Å². The van der Waals surface area contributed by atoms with Crippen molar-refractivity contribution in [1.29, 1.82) is 0 Å². The molecular weight excluding hydrogens is 340 g/mol. The van der Waals surface area contributed by atoms with E-state index in [1.165, 1.54) is 0 Å². The number of nitrogens with one attached hydrogen (secondary N) is 1. The number of rotatable bonds is 5. The molecule has 0 atom stereocenters. The average Bonchev–Trinajstić information content (AvgIpc) is 2.69. The summed E-state index contributed by atoms with van der Waals surface area (Å²) in [6, 6.07) is 9.00. The van der Waals surface area contributed by atoms with Crippen molar-refractivity contribution in [3.63, 3.8) is 0 Å². The van der Waals surface area contributed by atoms with E-state index in [4.69, 9.17) is 4.74 Å². The van der Waals surface area contributed by atoms with Gasteiger partial charge < -0.3 is 10.1 Å². The Labute approximate surface area is 160 Å². The SMILES string of the molecule is COc1cccc(C(=O)NC2(C(=O)c3ccc(C)cn3)CCCCC2)c1C. The molecule has 142 valence electrons. The Bertz CT molecular complexity index is 837. The molecule has 1 aliphatic rings. The van der Waals surface area contributed by atoms with Gasteiger partial charge >= 0.3 is 0 Å². The molecule has 1 saturated carbocycles. The molecule has 0 bridgehead atoms. The minimum Gasteiger partial charge on any atom is -0.496 e. The first-order valence-corrected chi connectivity index (χ1v) is 9.40. The van der Waals surface area contributed by atoms with Gasteiger partial charge in [-0.2, -0.15) is 0 Å². The van der Waals surface area contributed by atoms with Crippen LogP contribution >= 0.6 is 0 Å². The number of hydrogen-bond donors (Lipinski definition) is 1. The van der Waals surface area contributed by atoms with Crippen LogP contribution < -0.4 is 10.1 Å². The number of carbonyl (C=O) groups is 2. The van der Waals surface area contributed by atoms with E-state index in [0.29, 0.717) is 29.8 Å². The maximum absolute atomic E-state index is 13.3. The number of hydrogen-bond acceptors (Lipinski definition) is 4. The third kappa shape index (κ3) is 3.87. The first-order chi connectivity index (χ1) is 13.0. The number of benzene rings is 1. The molecule has 1 amide bonds. The van der Waals surface area contributed by atoms with Crippen molar-refractivity contribution in [2.75, 3.05) is 7.11 Å². The number of Topliss-reactive ketones (excluding diaryl/α,β-unsaturated/α-hetero) is 1. The fourth-order valence-corrected chi connectivity index (χ4v) is 3.78. The number of nitrogens with zero attached hydrogens (tertiary/aromatic N) is 1. The van der Waals surface area contributed by atoms with Crippen LogP contribution in [0.4, 0.5) is 0 Å². The highest BCUT2D eigenvalue weighted by Crippen LogP contribution is 2.32. The Hall–Kier alpha value is -2.69. The number of aryl methyl sites for hydroxylation is 1. The zero-order valence-corrected chi connectivity index (χ0v) is 16.2. The Kier molecular flexibility index (Phi) is 5.59. The minimum atomic E-state index is -0.896. The van der Waals surface area contributed by atoms with Crippen molar-refractivity contribution in [1.82, 2.24) is 10.3 Å². The fraction of sp³-hybridized carbons (Fsp3) is 0.409. The molecule has 1 heterocycles. The molecule has 5 nitrogen and oxygen atoms in total. The number of ketones is 1. The van der Waals surface area contributed by atoms with Crippen LogP contribution in [-0.4, -0.2) is 29.3 Å². The Balaban J connectivity index is 1.92. The first-order valence-electron chi connectivity index (χ1n) is 9.40. The largest absolute Gasteiger partial charge is 0.496 e. The summed E-state index contributed by atoms with van der Waals surface area (Å²) in [6.45, 7) is 3.79. The predicted molar refractivity (Wildman–Crippen MR) is 104 cm³/mol. The molecule has 3 rings (SSSR count). The van der Waals surface area contributed by atoms with Gasteiger partial charge in [0, 0.05) is 17.3 Å². The van der Waals surface area contributed by atoms with Gasteiger partial charge in [0.15, 0.2) is 0 Å². The van der Waals surface area contributed by atoms with E-state index in [9.17, 15) is 9.59 Å². The summed E-state index contributed by atoms with van der Waals surface area (Å²) in [5, 5.41) is 3.07. The molecule has 1 aliphatic carbocycles. The second-order valence-corrected chi connectivity index (χ2v) is 7.28. The van der Waals surface area contributed by atoms with E-state index in [2.05, 4.69) is 10.3 Å². The standard InChI is InChI=1S/C22H26N2O3/c1-15-10-11-18(23-14-15)20(25)22(12-5-4-6-13-22)24-21(26)17-8-7-9-19(27-3)16(17)2/h7-11,14H,4-6,12-13H2,1-3H3,(H,24,26). The molecule has 0 spiro atoms. The lowest BCUT2D eigenvalue weighted by molar-refractivity contribution is 0.0710. The Morgan fingerprint density at radius 2 is 1.81 bits per heavy atom. The maximum atomic E-state index is 13.3. The highest BCUT2D eigenvalue weighted by molar-refractivity contribution is 6.06. The summed E-state index contributed by atoms with van der Waals surface area (Å²) in [5.74, 6) is 0.316. The van der Waals surface area contributed by atoms with Crippen molar-refractivity contribution in [2.45, 2.75) is 51.5 Å². The van der Waals surface area contributed by atoms with Crippen LogP contribution in [0, 0.1) is 13.8 Å². The van der Waals surface area contributed by atoms with Crippen molar-refractivity contribution in [3.8, 4) is 5.75 Å². The summed E-state index contributed by atoms with van der Waals surface area (Å²) in [6.07, 6.45) is 5.86. The second-order valence-electron chi connectivity index (χ2n) is 7.28. The molecule has 0 saturated heterocycles. The van der Waals surface area contributed by atoms with Gasteiger partial charge in [0.05, 0.1) is 7.11 Å². The van der Waals surface area contributed by atoms with Gasteiger partial charge in [-0.15, -0.1) is 0 Å². The highest BCUT2D eigenvalue weighted by atomic mass is 16.5. The number of aromatic nitrogens is 1. The quantitative estimate of drug-likeness (QED) is 0.812. The van der Waals surface area contributed by atoms with Crippen LogP contribution in [0.1, 0.15) is 64.1 Å². The molecule has 27 heavy (non-hydrogen) atoms. The molecule has 1 fully saturated rings. The minimum absolute atomic E-state index is 0.101. The molecule has 0 aliphatic heterocycles. The Morgan fingerprint density at radius 1 is 1.07 bits per heavy atom. The number of ether oxygens (including phenoxy) is 1. The molecule has 0 radical (unpaired) electrons. The van der Waals surface area contributed by atoms with Crippen molar-refractivity contribution in [3.05, 3.63) is 58.9 Å². The van der Waals surface area contributed by atoms with Gasteiger partial charge in [-0.25, -0.2) is 0 Å². The smallest absolute Gasteiger partial charge is 0.252 e. The number of methoxy groups -OCH3 is 1. The number of amides is 1. The maximum Gasteiger partial charge on any atom is 0.252 e. The lowest BCUT2D eigenvalue weighted by atomic mass is 9.77. The molecule has 1 N–H and O–H groups in total. The third-order valence-corrected chi connectivity index (χ3v) is 5.39. The van der Waals surface area contributed by atoms with Crippen molar-refractivity contribution in [2.24, 2.45) is 0 Å². The van der Waals surface area contributed by atoms with Crippen LogP contribution in [0.15, 0.2) is 36.5 Å². The van der Waals surface area contributed by atoms with Crippen molar-refractivity contribution >= 4 is 11.7 Å². The number of carbonyl (C=O) groups excluding carboxylic acids is 2. The van der Waals surface area contributed by atoms with Crippen LogP contribution in [0.3, 0.4) is 0 Å². The van der Waals surface area contributed by atoms with E-state index >= 15 is 0 Å². The van der Waals surface area contributed by atoms with Crippen molar-refractivity contribution < 1.29 is 14.3 Å². The van der Waals surface area contributed by atoms with Crippen LogP contribution in [-0.2, 0) is 0 Å². The lowest BCUT2D eigenvalue weighted by Crippen LogP contribution is -2.55. The fourth-order valence-electron chi connectivity index (χ4n) is 3.78. The Morgan fingerprint density at radius 3 is 2.44 bits per heavy atom. The molecule has 5 heteroatoms. The third-order valence-electron chi connectivity index (χ3n) is 5.39. The van der Waals surface area contributed by atoms with Gasteiger partial charge in [0.1, 0.15) is 17.0 Å². The van der Waals surface area contributed by atoms with E-state index < -0.39 is 5.54 Å². The van der Waals surface area contributed by atoms with Crippen LogP contribution in [0.25, 0.3) is 0 Å². The van der Waals surface area contributed by atoms with Gasteiger partial charge in [-0.1, -0.05) is 31.4 Å². The first kappa shape index (κ1) is 19.1. The molecule has 2 aromatic rings. The summed E-state index contributed by atoms with van der Waals surface area (Å²) in [5.41, 5.74) is 1.81. The van der Waals surface area contributed by atoms with Gasteiger partial charge in [-0.05, 0) is 50.5 Å². The number of pyridine rings is 1. The molecule has 0 unspecified atom stereocenters. The second kappa shape index (κ2) is 7.91. The normalized spacial score (nSPS) is 15.8. The monoisotopic (exact) mass is 366 g/mol. The summed E-state index contributed by atoms with van der Waals surface area (Å²) < 4.78 is 5.32. The summed E-state index contributed by atoms with van der Waals surface area (Å²) in [7, 11) is 1.58. The summed E-state index contributed by atoms with van der Waals surface area (Å²) >= 11 is 0. The molecular formula is C22H26N2O3.